The largest absolute Gasteiger partial charge is 0.379 e. The Morgan fingerprint density at radius 2 is 2.05 bits per heavy atom. The molecule has 2 saturated heterocycles. The van der Waals surface area contributed by atoms with Gasteiger partial charge in [0.15, 0.2) is 0 Å². The van der Waals surface area contributed by atoms with Gasteiger partial charge >= 0.3 is 0 Å². The molecule has 1 aromatic rings. The van der Waals surface area contributed by atoms with Gasteiger partial charge in [-0.25, -0.2) is 9.97 Å². The Bertz CT molecular complexity index is 505. The van der Waals surface area contributed by atoms with Gasteiger partial charge in [-0.15, -0.1) is 0 Å². The number of anilines is 1. The summed E-state index contributed by atoms with van der Waals surface area (Å²) in [5, 5.41) is 0. The zero-order valence-corrected chi connectivity index (χ0v) is 13.5. The maximum atomic E-state index is 5.82. The Kier molecular flexibility index (Phi) is 4.13. The quantitative estimate of drug-likeness (QED) is 0.829. The van der Waals surface area contributed by atoms with Gasteiger partial charge in [0.1, 0.15) is 11.6 Å². The second-order valence-corrected chi connectivity index (χ2v) is 6.75. The molecule has 116 valence electrons. The summed E-state index contributed by atoms with van der Waals surface area (Å²) in [5.41, 5.74) is 1.25. The van der Waals surface area contributed by atoms with Gasteiger partial charge in [-0.05, 0) is 19.9 Å². The maximum Gasteiger partial charge on any atom is 0.135 e. The molecule has 0 amide bonds. The third kappa shape index (κ3) is 3.04. The third-order valence-corrected chi connectivity index (χ3v) is 4.58. The van der Waals surface area contributed by atoms with Crippen LogP contribution in [-0.2, 0) is 4.74 Å². The second-order valence-electron chi connectivity index (χ2n) is 6.75. The molecule has 0 spiro atoms. The van der Waals surface area contributed by atoms with E-state index >= 15 is 0 Å². The van der Waals surface area contributed by atoms with Crippen molar-refractivity contribution < 1.29 is 4.74 Å². The smallest absolute Gasteiger partial charge is 0.135 e. The number of hydrogen-bond acceptors (Lipinski definition) is 5. The Morgan fingerprint density at radius 3 is 2.81 bits per heavy atom. The average molecular weight is 290 g/mol. The van der Waals surface area contributed by atoms with Crippen LogP contribution in [0.25, 0.3) is 0 Å². The van der Waals surface area contributed by atoms with E-state index in [0.29, 0.717) is 17.9 Å². The molecule has 0 aliphatic carbocycles. The number of aromatic nitrogens is 2. The Morgan fingerprint density at radius 1 is 1.24 bits per heavy atom. The van der Waals surface area contributed by atoms with Gasteiger partial charge in [-0.3, -0.25) is 4.90 Å². The van der Waals surface area contributed by atoms with Crippen molar-refractivity contribution >= 4 is 5.82 Å². The van der Waals surface area contributed by atoms with E-state index in [0.717, 1.165) is 44.5 Å². The molecule has 0 radical (unpaired) electrons. The summed E-state index contributed by atoms with van der Waals surface area (Å²) in [4.78, 5) is 14.1. The lowest BCUT2D eigenvalue weighted by Crippen LogP contribution is -2.43. The van der Waals surface area contributed by atoms with Crippen LogP contribution in [0.2, 0.25) is 0 Å². The molecule has 21 heavy (non-hydrogen) atoms. The first-order valence-electron chi connectivity index (χ1n) is 7.91. The third-order valence-electron chi connectivity index (χ3n) is 4.58. The maximum absolute atomic E-state index is 5.82. The number of likely N-dealkylation sites (N-methyl/N-ethyl adjacent to an activating group) is 1. The molecule has 3 heterocycles. The van der Waals surface area contributed by atoms with Gasteiger partial charge < -0.3 is 9.64 Å². The zero-order chi connectivity index (χ0) is 15.0. The van der Waals surface area contributed by atoms with E-state index in [2.05, 4.69) is 35.7 Å². The average Bonchev–Trinajstić information content (AvgIpc) is 2.66. The molecular formula is C16H26N4O. The topological polar surface area (TPSA) is 41.5 Å². The van der Waals surface area contributed by atoms with E-state index in [4.69, 9.17) is 9.72 Å². The van der Waals surface area contributed by atoms with Crippen molar-refractivity contribution in [3.8, 4) is 0 Å². The highest BCUT2D eigenvalue weighted by molar-refractivity contribution is 5.48. The lowest BCUT2D eigenvalue weighted by Gasteiger charge is -2.32. The summed E-state index contributed by atoms with van der Waals surface area (Å²) in [5.74, 6) is 2.98. The van der Waals surface area contributed by atoms with Crippen LogP contribution in [0.1, 0.15) is 31.2 Å². The highest BCUT2D eigenvalue weighted by atomic mass is 16.5. The molecule has 5 nitrogen and oxygen atoms in total. The number of rotatable bonds is 2. The van der Waals surface area contributed by atoms with E-state index in [-0.39, 0.29) is 0 Å². The Balaban J connectivity index is 1.95. The molecule has 2 fully saturated rings. The molecule has 5 heteroatoms. The van der Waals surface area contributed by atoms with Crippen molar-refractivity contribution in [2.75, 3.05) is 44.8 Å². The fourth-order valence-electron chi connectivity index (χ4n) is 3.35. The van der Waals surface area contributed by atoms with Crippen LogP contribution >= 0.6 is 0 Å². The number of nitrogens with zero attached hydrogens (tertiary/aromatic N) is 4. The van der Waals surface area contributed by atoms with Gasteiger partial charge in [0.2, 0.25) is 0 Å². The van der Waals surface area contributed by atoms with Crippen molar-refractivity contribution in [1.82, 2.24) is 14.9 Å². The van der Waals surface area contributed by atoms with E-state index < -0.39 is 0 Å². The predicted molar refractivity (Wildman–Crippen MR) is 83.8 cm³/mol. The van der Waals surface area contributed by atoms with Crippen molar-refractivity contribution in [1.29, 1.82) is 0 Å². The summed E-state index contributed by atoms with van der Waals surface area (Å²) in [6, 6.07) is 0.452. The van der Waals surface area contributed by atoms with E-state index in [1.54, 1.807) is 0 Å². The number of hydrogen-bond donors (Lipinski definition) is 0. The molecule has 2 aliphatic rings. The molecule has 0 saturated carbocycles. The minimum absolute atomic E-state index is 0.442. The van der Waals surface area contributed by atoms with Crippen LogP contribution in [0.5, 0.6) is 0 Å². The fraction of sp³-hybridized carbons (Fsp3) is 0.750. The van der Waals surface area contributed by atoms with Crippen LogP contribution in [0, 0.1) is 12.8 Å². The van der Waals surface area contributed by atoms with Crippen molar-refractivity contribution in [2.45, 2.75) is 32.7 Å². The summed E-state index contributed by atoms with van der Waals surface area (Å²) in [6.07, 6.45) is 2.00. The van der Waals surface area contributed by atoms with Crippen molar-refractivity contribution in [3.05, 3.63) is 17.6 Å². The number of aryl methyl sites for hydroxylation is 1. The molecule has 0 aromatic carbocycles. The molecule has 0 unspecified atom stereocenters. The molecule has 1 aromatic heterocycles. The highest BCUT2D eigenvalue weighted by Crippen LogP contribution is 2.28. The Hall–Kier alpha value is -1.20. The molecule has 0 N–H and O–H groups in total. The molecule has 2 atom stereocenters. The van der Waals surface area contributed by atoms with Crippen LogP contribution in [-0.4, -0.2) is 60.8 Å². The molecular weight excluding hydrogens is 264 g/mol. The van der Waals surface area contributed by atoms with Gasteiger partial charge in [0, 0.05) is 37.3 Å². The minimum Gasteiger partial charge on any atom is -0.379 e. The summed E-state index contributed by atoms with van der Waals surface area (Å²) >= 11 is 0. The summed E-state index contributed by atoms with van der Waals surface area (Å²) in [7, 11) is 2.21. The standard InChI is InChI=1S/C16H26N4O/c1-11(2)15-5-17-12(3)18-16(15)20-7-13-6-19(4)14(8-20)10-21-9-13/h5,11,13-14H,6-10H2,1-4H3/t13-,14+/m1/s1. The molecule has 2 bridgehead atoms. The van der Waals surface area contributed by atoms with E-state index in [1.807, 2.05) is 13.1 Å². The van der Waals surface area contributed by atoms with Crippen LogP contribution in [0.4, 0.5) is 5.82 Å². The Labute approximate surface area is 127 Å². The predicted octanol–water partition coefficient (Wildman–Crippen LogP) is 1.68. The zero-order valence-electron chi connectivity index (χ0n) is 13.5. The normalized spacial score (nSPS) is 27.0. The second kappa shape index (κ2) is 5.89. The lowest BCUT2D eigenvalue weighted by atomic mass is 10.0. The van der Waals surface area contributed by atoms with Gasteiger partial charge in [-0.1, -0.05) is 13.8 Å². The SMILES string of the molecule is Cc1ncc(C(C)C)c(N2C[C@@H]3COC[C@H](C2)N(C)C3)n1. The number of ether oxygens (including phenoxy) is 1. The van der Waals surface area contributed by atoms with E-state index in [1.165, 1.54) is 5.56 Å². The minimum atomic E-state index is 0.442. The first kappa shape index (κ1) is 14.7. The van der Waals surface area contributed by atoms with Crippen molar-refractivity contribution in [2.24, 2.45) is 5.92 Å². The first-order valence-corrected chi connectivity index (χ1v) is 7.91. The van der Waals surface area contributed by atoms with Gasteiger partial charge in [0.05, 0.1) is 19.3 Å². The van der Waals surface area contributed by atoms with Gasteiger partial charge in [0.25, 0.3) is 0 Å². The van der Waals surface area contributed by atoms with Crippen molar-refractivity contribution in [3.63, 3.8) is 0 Å². The first-order chi connectivity index (χ1) is 10.0. The van der Waals surface area contributed by atoms with Crippen LogP contribution in [0.15, 0.2) is 6.20 Å². The lowest BCUT2D eigenvalue weighted by molar-refractivity contribution is 0.0929. The number of fused-ring (bicyclic) bond motifs is 3. The summed E-state index contributed by atoms with van der Waals surface area (Å²) in [6.45, 7) is 11.2. The summed E-state index contributed by atoms with van der Waals surface area (Å²) < 4.78 is 5.82. The van der Waals surface area contributed by atoms with E-state index in [9.17, 15) is 0 Å². The highest BCUT2D eigenvalue weighted by Gasteiger charge is 2.32. The van der Waals surface area contributed by atoms with Crippen LogP contribution in [0.3, 0.4) is 0 Å². The molecule has 2 aliphatic heterocycles. The fourth-order valence-corrected chi connectivity index (χ4v) is 3.35. The molecule has 3 rings (SSSR count). The monoisotopic (exact) mass is 290 g/mol. The van der Waals surface area contributed by atoms with Gasteiger partial charge in [-0.2, -0.15) is 0 Å². The van der Waals surface area contributed by atoms with Crippen LogP contribution < -0.4 is 4.90 Å².